The lowest BCUT2D eigenvalue weighted by Gasteiger charge is -2.15. The molecular weight excluding hydrogens is 310 g/mol. The van der Waals surface area contributed by atoms with E-state index in [0.717, 1.165) is 23.7 Å². The fourth-order valence-electron chi connectivity index (χ4n) is 2.97. The Balaban J connectivity index is 1.69. The van der Waals surface area contributed by atoms with Crippen molar-refractivity contribution in [1.29, 1.82) is 0 Å². The maximum atomic E-state index is 5.57. The maximum absolute atomic E-state index is 5.57. The third kappa shape index (κ3) is 4.09. The van der Waals surface area contributed by atoms with Crippen LogP contribution in [0.5, 0.6) is 5.75 Å². The predicted octanol–water partition coefficient (Wildman–Crippen LogP) is 4.43. The van der Waals surface area contributed by atoms with Crippen molar-refractivity contribution < 1.29 is 4.74 Å². The Kier molecular flexibility index (Phi) is 5.51. The van der Waals surface area contributed by atoms with Crippen molar-refractivity contribution in [2.24, 2.45) is 0 Å². The van der Waals surface area contributed by atoms with Gasteiger partial charge in [-0.15, -0.1) is 0 Å². The highest BCUT2D eigenvalue weighted by molar-refractivity contribution is 5.35. The fourth-order valence-corrected chi connectivity index (χ4v) is 2.97. The Bertz CT molecular complexity index is 811. The Morgan fingerprint density at radius 2 is 1.92 bits per heavy atom. The summed E-state index contributed by atoms with van der Waals surface area (Å²) in [7, 11) is 0. The molecule has 0 aliphatic heterocycles. The van der Waals surface area contributed by atoms with Gasteiger partial charge >= 0.3 is 0 Å². The molecule has 4 nitrogen and oxygen atoms in total. The first kappa shape index (κ1) is 17.2. The zero-order valence-corrected chi connectivity index (χ0v) is 15.1. The summed E-state index contributed by atoms with van der Waals surface area (Å²) in [5.41, 5.74) is 4.67. The molecule has 0 fully saturated rings. The number of benzene rings is 2. The molecule has 0 aliphatic rings. The summed E-state index contributed by atoms with van der Waals surface area (Å²) in [4.78, 5) is 0. The minimum absolute atomic E-state index is 0.216. The number of hydrogen-bond acceptors (Lipinski definition) is 3. The van der Waals surface area contributed by atoms with Crippen LogP contribution in [0.2, 0.25) is 0 Å². The van der Waals surface area contributed by atoms with Crippen molar-refractivity contribution in [2.75, 3.05) is 6.61 Å². The molecule has 0 unspecified atom stereocenters. The third-order valence-electron chi connectivity index (χ3n) is 4.34. The molecule has 2 aromatic carbocycles. The summed E-state index contributed by atoms with van der Waals surface area (Å²) < 4.78 is 7.56. The number of ether oxygens (including phenoxy) is 1. The maximum Gasteiger partial charge on any atom is 0.119 e. The van der Waals surface area contributed by atoms with Gasteiger partial charge in [0.15, 0.2) is 0 Å². The molecule has 0 bridgehead atoms. The molecule has 0 saturated carbocycles. The highest BCUT2D eigenvalue weighted by atomic mass is 16.5. The monoisotopic (exact) mass is 335 g/mol. The third-order valence-corrected chi connectivity index (χ3v) is 4.34. The van der Waals surface area contributed by atoms with Crippen LogP contribution in [0.1, 0.15) is 36.7 Å². The molecule has 3 rings (SSSR count). The number of rotatable bonds is 7. The molecule has 0 amide bonds. The van der Waals surface area contributed by atoms with E-state index in [4.69, 9.17) is 4.74 Å². The number of hydrogen-bond donors (Lipinski definition) is 1. The summed E-state index contributed by atoms with van der Waals surface area (Å²) in [6.45, 7) is 7.76. The fraction of sp³-hybridized carbons (Fsp3) is 0.286. The predicted molar refractivity (Wildman–Crippen MR) is 101 cm³/mol. The van der Waals surface area contributed by atoms with Crippen molar-refractivity contribution in [3.05, 3.63) is 77.6 Å². The normalized spacial score (nSPS) is 12.1. The Morgan fingerprint density at radius 1 is 1.12 bits per heavy atom. The summed E-state index contributed by atoms with van der Waals surface area (Å²) in [6, 6.07) is 18.7. The quantitative estimate of drug-likeness (QED) is 0.694. The lowest BCUT2D eigenvalue weighted by Crippen LogP contribution is -2.18. The molecule has 4 heteroatoms. The van der Waals surface area contributed by atoms with Gasteiger partial charge in [-0.25, -0.2) is 4.68 Å². The van der Waals surface area contributed by atoms with Crippen LogP contribution in [0.15, 0.2) is 60.8 Å². The van der Waals surface area contributed by atoms with Gasteiger partial charge in [-0.3, -0.25) is 0 Å². The van der Waals surface area contributed by atoms with E-state index >= 15 is 0 Å². The summed E-state index contributed by atoms with van der Waals surface area (Å²) in [6.07, 6.45) is 1.95. The molecule has 1 atom stereocenters. The van der Waals surface area contributed by atoms with E-state index in [1.165, 1.54) is 11.1 Å². The van der Waals surface area contributed by atoms with Crippen molar-refractivity contribution >= 4 is 0 Å². The van der Waals surface area contributed by atoms with E-state index in [2.05, 4.69) is 48.5 Å². The highest BCUT2D eigenvalue weighted by Crippen LogP contribution is 2.21. The van der Waals surface area contributed by atoms with Crippen molar-refractivity contribution in [1.82, 2.24) is 15.1 Å². The minimum atomic E-state index is 0.216. The Hall–Kier alpha value is -2.59. The molecule has 3 aromatic rings. The lowest BCUT2D eigenvalue weighted by molar-refractivity contribution is 0.339. The minimum Gasteiger partial charge on any atom is -0.494 e. The van der Waals surface area contributed by atoms with Gasteiger partial charge in [0.25, 0.3) is 0 Å². The van der Waals surface area contributed by atoms with Gasteiger partial charge < -0.3 is 10.1 Å². The van der Waals surface area contributed by atoms with Gasteiger partial charge in [0, 0.05) is 23.8 Å². The standard InChI is InChI=1S/C21H25N3O/c1-4-25-20-12-8-9-18(13-20)14-22-16(2)21-15-23-24(17(21)3)19-10-6-5-7-11-19/h5-13,15-16,22H,4,14H2,1-3H3/t16-/m0/s1. The second-order valence-corrected chi connectivity index (χ2v) is 6.12. The van der Waals surface area contributed by atoms with Gasteiger partial charge in [-0.2, -0.15) is 5.10 Å². The Labute approximate surface area is 149 Å². The van der Waals surface area contributed by atoms with E-state index < -0.39 is 0 Å². The van der Waals surface area contributed by atoms with Crippen LogP contribution < -0.4 is 10.1 Å². The SMILES string of the molecule is CCOc1cccc(CN[C@@H](C)c2cnn(-c3ccccc3)c2C)c1. The molecule has 1 N–H and O–H groups in total. The topological polar surface area (TPSA) is 39.1 Å². The van der Waals surface area contributed by atoms with Crippen molar-refractivity contribution in [2.45, 2.75) is 33.4 Å². The molecule has 1 aromatic heterocycles. The molecule has 0 saturated heterocycles. The van der Waals surface area contributed by atoms with Gasteiger partial charge in [0.2, 0.25) is 0 Å². The number of aromatic nitrogens is 2. The molecule has 1 heterocycles. The molecule has 25 heavy (non-hydrogen) atoms. The van der Waals surface area contributed by atoms with E-state index in [9.17, 15) is 0 Å². The Morgan fingerprint density at radius 3 is 2.68 bits per heavy atom. The second-order valence-electron chi connectivity index (χ2n) is 6.12. The molecule has 130 valence electrons. The van der Waals surface area contributed by atoms with E-state index in [-0.39, 0.29) is 6.04 Å². The zero-order chi connectivity index (χ0) is 17.6. The highest BCUT2D eigenvalue weighted by Gasteiger charge is 2.14. The van der Waals surface area contributed by atoms with Crippen LogP contribution >= 0.6 is 0 Å². The smallest absolute Gasteiger partial charge is 0.119 e. The van der Waals surface area contributed by atoms with E-state index in [1.54, 1.807) is 0 Å². The second kappa shape index (κ2) is 7.99. The number of nitrogens with zero attached hydrogens (tertiary/aromatic N) is 2. The van der Waals surface area contributed by atoms with Crippen LogP contribution in [0.25, 0.3) is 5.69 Å². The van der Waals surface area contributed by atoms with Crippen LogP contribution in [-0.2, 0) is 6.54 Å². The van der Waals surface area contributed by atoms with Crippen LogP contribution in [-0.4, -0.2) is 16.4 Å². The number of nitrogens with one attached hydrogen (secondary N) is 1. The summed E-state index contributed by atoms with van der Waals surface area (Å²) in [5, 5.41) is 8.14. The summed E-state index contributed by atoms with van der Waals surface area (Å²) >= 11 is 0. The summed E-state index contributed by atoms with van der Waals surface area (Å²) in [5.74, 6) is 0.919. The first-order valence-electron chi connectivity index (χ1n) is 8.74. The van der Waals surface area contributed by atoms with Gasteiger partial charge in [0.05, 0.1) is 18.5 Å². The average molecular weight is 335 g/mol. The van der Waals surface area contributed by atoms with Gasteiger partial charge in [-0.1, -0.05) is 30.3 Å². The van der Waals surface area contributed by atoms with Crippen molar-refractivity contribution in [3.63, 3.8) is 0 Å². The van der Waals surface area contributed by atoms with Crippen LogP contribution in [0, 0.1) is 6.92 Å². The van der Waals surface area contributed by atoms with Crippen LogP contribution in [0.4, 0.5) is 0 Å². The van der Waals surface area contributed by atoms with Crippen molar-refractivity contribution in [3.8, 4) is 11.4 Å². The van der Waals surface area contributed by atoms with E-state index in [1.807, 2.05) is 48.1 Å². The number of para-hydroxylation sites is 1. The molecule has 0 aliphatic carbocycles. The zero-order valence-electron chi connectivity index (χ0n) is 15.1. The van der Waals surface area contributed by atoms with E-state index in [0.29, 0.717) is 6.61 Å². The molecule has 0 spiro atoms. The largest absolute Gasteiger partial charge is 0.494 e. The lowest BCUT2D eigenvalue weighted by atomic mass is 10.1. The first-order valence-corrected chi connectivity index (χ1v) is 8.74. The van der Waals surface area contributed by atoms with Gasteiger partial charge in [0.1, 0.15) is 5.75 Å². The average Bonchev–Trinajstić information content (AvgIpc) is 3.03. The molecular formula is C21H25N3O. The van der Waals surface area contributed by atoms with Crippen LogP contribution in [0.3, 0.4) is 0 Å². The van der Waals surface area contributed by atoms with Gasteiger partial charge in [-0.05, 0) is 50.6 Å². The first-order chi connectivity index (χ1) is 12.2. The molecule has 0 radical (unpaired) electrons.